The summed E-state index contributed by atoms with van der Waals surface area (Å²) in [5.41, 5.74) is 3.06. The second kappa shape index (κ2) is 8.35. The van der Waals surface area contributed by atoms with Crippen molar-refractivity contribution >= 4 is 28.8 Å². The average Bonchev–Trinajstić information content (AvgIpc) is 3.38. The topological polar surface area (TPSA) is 79.7 Å². The fourth-order valence-corrected chi connectivity index (χ4v) is 4.73. The van der Waals surface area contributed by atoms with Gasteiger partial charge in [-0.3, -0.25) is 14.6 Å². The smallest absolute Gasteiger partial charge is 0.295 e. The zero-order valence-electron chi connectivity index (χ0n) is 17.5. The molecule has 3 aromatic rings. The number of thiophene rings is 1. The highest BCUT2D eigenvalue weighted by Crippen LogP contribution is 2.42. The average molecular weight is 435 g/mol. The standard InChI is InChI=1S/C24H22N2O4S/c1-14-12-18(30-3)15(2)11-17(14)22(27)20-21(19-5-4-10-31-19)26(24(29)23(20)28)13-16-6-8-25-9-7-16/h4-12,21,27H,13H2,1-3H3/b22-20-. The lowest BCUT2D eigenvalue weighted by Crippen LogP contribution is -2.28. The molecule has 158 valence electrons. The second-order valence-electron chi connectivity index (χ2n) is 7.43. The van der Waals surface area contributed by atoms with Gasteiger partial charge in [-0.2, -0.15) is 0 Å². The van der Waals surface area contributed by atoms with Crippen molar-refractivity contribution in [1.82, 2.24) is 9.88 Å². The first-order valence-electron chi connectivity index (χ1n) is 9.78. The van der Waals surface area contributed by atoms with E-state index in [1.165, 1.54) is 16.2 Å². The van der Waals surface area contributed by atoms with Crippen molar-refractivity contribution in [2.75, 3.05) is 7.11 Å². The van der Waals surface area contributed by atoms with E-state index >= 15 is 0 Å². The molecule has 0 saturated carbocycles. The number of ketones is 1. The van der Waals surface area contributed by atoms with E-state index < -0.39 is 17.7 Å². The van der Waals surface area contributed by atoms with Crippen LogP contribution in [-0.2, 0) is 16.1 Å². The highest BCUT2D eigenvalue weighted by molar-refractivity contribution is 7.10. The Bertz CT molecular complexity index is 1170. The number of aryl methyl sites for hydroxylation is 2. The van der Waals surface area contributed by atoms with Crippen molar-refractivity contribution in [2.45, 2.75) is 26.4 Å². The molecule has 1 saturated heterocycles. The first-order chi connectivity index (χ1) is 14.9. The van der Waals surface area contributed by atoms with Crippen molar-refractivity contribution < 1.29 is 19.4 Å². The zero-order valence-corrected chi connectivity index (χ0v) is 18.3. The van der Waals surface area contributed by atoms with Crippen LogP contribution in [0.15, 0.2) is 59.7 Å². The molecule has 1 aliphatic heterocycles. The van der Waals surface area contributed by atoms with Crippen LogP contribution in [0.3, 0.4) is 0 Å². The Kier molecular flexibility index (Phi) is 5.61. The lowest BCUT2D eigenvalue weighted by Gasteiger charge is -2.24. The number of pyridine rings is 1. The number of nitrogens with zero attached hydrogens (tertiary/aromatic N) is 2. The van der Waals surface area contributed by atoms with Gasteiger partial charge in [0.15, 0.2) is 0 Å². The third-order valence-corrected chi connectivity index (χ3v) is 6.38. The van der Waals surface area contributed by atoms with Crippen LogP contribution in [0.2, 0.25) is 0 Å². The first-order valence-corrected chi connectivity index (χ1v) is 10.7. The summed E-state index contributed by atoms with van der Waals surface area (Å²) in [5.74, 6) is -0.781. The van der Waals surface area contributed by atoms with E-state index in [9.17, 15) is 14.7 Å². The summed E-state index contributed by atoms with van der Waals surface area (Å²) in [6.45, 7) is 3.95. The molecule has 7 heteroatoms. The van der Waals surface area contributed by atoms with Gasteiger partial charge >= 0.3 is 0 Å². The Morgan fingerprint density at radius 1 is 1.16 bits per heavy atom. The van der Waals surface area contributed by atoms with Crippen LogP contribution >= 0.6 is 11.3 Å². The molecule has 0 radical (unpaired) electrons. The van der Waals surface area contributed by atoms with Gasteiger partial charge in [0.25, 0.3) is 11.7 Å². The molecule has 31 heavy (non-hydrogen) atoms. The number of likely N-dealkylation sites (tertiary alicyclic amines) is 1. The Labute approximate surface area is 184 Å². The normalized spacial score (nSPS) is 17.9. The molecule has 1 amide bonds. The molecule has 0 bridgehead atoms. The molecular weight excluding hydrogens is 412 g/mol. The number of hydrogen-bond donors (Lipinski definition) is 1. The van der Waals surface area contributed by atoms with Gasteiger partial charge < -0.3 is 14.7 Å². The van der Waals surface area contributed by atoms with Crippen LogP contribution < -0.4 is 4.74 Å². The number of carbonyl (C=O) groups is 2. The summed E-state index contributed by atoms with van der Waals surface area (Å²) in [6.07, 6.45) is 3.30. The quantitative estimate of drug-likeness (QED) is 0.366. The predicted octanol–water partition coefficient (Wildman–Crippen LogP) is 4.39. The van der Waals surface area contributed by atoms with Crippen LogP contribution in [0.4, 0.5) is 0 Å². The molecule has 0 spiro atoms. The number of amides is 1. The van der Waals surface area contributed by atoms with Gasteiger partial charge in [-0.05, 0) is 66.2 Å². The van der Waals surface area contributed by atoms with Gasteiger partial charge in [0.05, 0.1) is 18.7 Å². The van der Waals surface area contributed by atoms with Gasteiger partial charge in [0.1, 0.15) is 11.5 Å². The lowest BCUT2D eigenvalue weighted by atomic mass is 9.96. The van der Waals surface area contributed by atoms with Gasteiger partial charge in [-0.25, -0.2) is 0 Å². The number of benzene rings is 1. The van der Waals surface area contributed by atoms with Gasteiger partial charge in [0.2, 0.25) is 0 Å². The van der Waals surface area contributed by atoms with Crippen molar-refractivity contribution in [1.29, 1.82) is 0 Å². The second-order valence-corrected chi connectivity index (χ2v) is 8.41. The highest BCUT2D eigenvalue weighted by atomic mass is 32.1. The maximum Gasteiger partial charge on any atom is 0.295 e. The molecule has 2 aromatic heterocycles. The first kappa shape index (κ1) is 20.8. The monoisotopic (exact) mass is 434 g/mol. The SMILES string of the molecule is COc1cc(C)c(/C(O)=C2/C(=O)C(=O)N(Cc3ccncc3)C2c2cccs2)cc1C. The van der Waals surface area contributed by atoms with Crippen molar-refractivity contribution in [3.05, 3.63) is 86.9 Å². The molecular formula is C24H22N2O4S. The fraction of sp³-hybridized carbons (Fsp3) is 0.208. The molecule has 4 rings (SSSR count). The minimum absolute atomic E-state index is 0.106. The van der Waals surface area contributed by atoms with Crippen LogP contribution in [-0.4, -0.2) is 33.8 Å². The van der Waals surface area contributed by atoms with Crippen molar-refractivity contribution in [3.63, 3.8) is 0 Å². The molecule has 6 nitrogen and oxygen atoms in total. The number of aromatic nitrogens is 1. The molecule has 1 aromatic carbocycles. The number of Topliss-reactive ketones (excluding diaryl/α,β-unsaturated/α-hetero) is 1. The minimum atomic E-state index is -0.683. The van der Waals surface area contributed by atoms with Crippen LogP contribution in [0.1, 0.15) is 33.2 Å². The van der Waals surface area contributed by atoms with Gasteiger partial charge in [0, 0.05) is 29.4 Å². The fourth-order valence-electron chi connectivity index (χ4n) is 3.88. The summed E-state index contributed by atoms with van der Waals surface area (Å²) in [7, 11) is 1.59. The van der Waals surface area contributed by atoms with Crippen LogP contribution in [0.25, 0.3) is 5.76 Å². The summed E-state index contributed by atoms with van der Waals surface area (Å²) in [6, 6.07) is 10.3. The lowest BCUT2D eigenvalue weighted by molar-refractivity contribution is -0.140. The molecule has 1 aliphatic rings. The Morgan fingerprint density at radius 3 is 2.55 bits per heavy atom. The zero-order chi connectivity index (χ0) is 22.1. The largest absolute Gasteiger partial charge is 0.507 e. The maximum atomic E-state index is 13.1. The summed E-state index contributed by atoms with van der Waals surface area (Å²) >= 11 is 1.44. The Hall–Kier alpha value is -3.45. The van der Waals surface area contributed by atoms with Crippen molar-refractivity contribution in [2.24, 2.45) is 0 Å². The van der Waals surface area contributed by atoms with E-state index in [1.54, 1.807) is 25.6 Å². The van der Waals surface area contributed by atoms with Gasteiger partial charge in [-0.1, -0.05) is 6.07 Å². The molecule has 1 atom stereocenters. The molecule has 1 N–H and O–H groups in total. The van der Waals surface area contributed by atoms with E-state index in [2.05, 4.69) is 4.98 Å². The predicted molar refractivity (Wildman–Crippen MR) is 119 cm³/mol. The Balaban J connectivity index is 1.87. The molecule has 0 aliphatic carbocycles. The number of methoxy groups -OCH3 is 1. The van der Waals surface area contributed by atoms with E-state index in [-0.39, 0.29) is 17.9 Å². The maximum absolute atomic E-state index is 13.1. The number of aliphatic hydroxyl groups is 1. The Morgan fingerprint density at radius 2 is 1.90 bits per heavy atom. The molecule has 1 unspecified atom stereocenters. The number of carbonyl (C=O) groups excluding carboxylic acids is 2. The van der Waals surface area contributed by atoms with Gasteiger partial charge in [-0.15, -0.1) is 11.3 Å². The third-order valence-electron chi connectivity index (χ3n) is 5.45. The van der Waals surface area contributed by atoms with Crippen LogP contribution in [0.5, 0.6) is 5.75 Å². The van der Waals surface area contributed by atoms with E-state index in [0.29, 0.717) is 11.3 Å². The third kappa shape index (κ3) is 3.72. The minimum Gasteiger partial charge on any atom is -0.507 e. The highest BCUT2D eigenvalue weighted by Gasteiger charge is 2.46. The molecule has 1 fully saturated rings. The van der Waals surface area contributed by atoms with Crippen molar-refractivity contribution in [3.8, 4) is 5.75 Å². The van der Waals surface area contributed by atoms with Crippen LogP contribution in [0, 0.1) is 13.8 Å². The number of ether oxygens (including phenoxy) is 1. The summed E-state index contributed by atoms with van der Waals surface area (Å²) < 4.78 is 5.36. The number of aliphatic hydroxyl groups excluding tert-OH is 1. The van der Waals surface area contributed by atoms with E-state index in [0.717, 1.165) is 21.6 Å². The number of rotatable bonds is 5. The van der Waals surface area contributed by atoms with E-state index in [4.69, 9.17) is 4.74 Å². The molecule has 3 heterocycles. The van der Waals surface area contributed by atoms with E-state index in [1.807, 2.05) is 49.6 Å². The summed E-state index contributed by atoms with van der Waals surface area (Å²) in [5, 5.41) is 13.2. The number of hydrogen-bond acceptors (Lipinski definition) is 6. The summed E-state index contributed by atoms with van der Waals surface area (Å²) in [4.78, 5) is 32.5.